The van der Waals surface area contributed by atoms with E-state index in [1.165, 1.54) is 12.3 Å². The fourth-order valence-electron chi connectivity index (χ4n) is 1.57. The van der Waals surface area contributed by atoms with E-state index in [1.54, 1.807) is 23.3 Å². The van der Waals surface area contributed by atoms with Gasteiger partial charge in [0.25, 0.3) is 5.91 Å². The van der Waals surface area contributed by atoms with Gasteiger partial charge in [-0.15, -0.1) is 11.3 Å². The smallest absolute Gasteiger partial charge is 0.256 e. The third-order valence-electron chi connectivity index (χ3n) is 2.49. The first-order valence-electron chi connectivity index (χ1n) is 5.37. The number of nitrogens with two attached hydrogens (primary N) is 1. The molecule has 0 saturated heterocycles. The molecule has 0 unspecified atom stereocenters. The van der Waals surface area contributed by atoms with Gasteiger partial charge >= 0.3 is 0 Å². The normalized spacial score (nSPS) is 10.5. The second-order valence-corrected chi connectivity index (χ2v) is 6.29. The Morgan fingerprint density at radius 2 is 2.32 bits per heavy atom. The largest absolute Gasteiger partial charge is 0.397 e. The second kappa shape index (κ2) is 5.90. The molecule has 0 saturated carbocycles. The zero-order chi connectivity index (χ0) is 14.0. The van der Waals surface area contributed by atoms with E-state index in [0.29, 0.717) is 17.8 Å². The van der Waals surface area contributed by atoms with Gasteiger partial charge in [-0.25, -0.2) is 4.98 Å². The van der Waals surface area contributed by atoms with Crippen molar-refractivity contribution < 1.29 is 4.79 Å². The van der Waals surface area contributed by atoms with Crippen LogP contribution in [-0.2, 0) is 6.54 Å². The molecule has 2 aromatic rings. The Kier molecular flexibility index (Phi) is 4.44. The second-order valence-electron chi connectivity index (χ2n) is 3.99. The number of halogens is 2. The lowest BCUT2D eigenvalue weighted by Crippen LogP contribution is -2.26. The molecule has 19 heavy (non-hydrogen) atoms. The Hall–Kier alpha value is -1.11. The van der Waals surface area contributed by atoms with Crippen molar-refractivity contribution in [2.75, 3.05) is 12.8 Å². The summed E-state index contributed by atoms with van der Waals surface area (Å²) < 4.78 is 1.01. The topological polar surface area (TPSA) is 59.2 Å². The van der Waals surface area contributed by atoms with Crippen molar-refractivity contribution in [3.63, 3.8) is 0 Å². The van der Waals surface area contributed by atoms with E-state index in [4.69, 9.17) is 17.3 Å². The summed E-state index contributed by atoms with van der Waals surface area (Å²) in [5, 5.41) is 2.23. The van der Waals surface area contributed by atoms with E-state index < -0.39 is 0 Å². The van der Waals surface area contributed by atoms with Crippen LogP contribution < -0.4 is 5.73 Å². The minimum Gasteiger partial charge on any atom is -0.397 e. The van der Waals surface area contributed by atoms with Crippen molar-refractivity contribution in [3.8, 4) is 0 Å². The Morgan fingerprint density at radius 3 is 2.95 bits per heavy atom. The highest BCUT2D eigenvalue weighted by Crippen LogP contribution is 2.22. The predicted molar refractivity (Wildman–Crippen MR) is 81.5 cm³/mol. The monoisotopic (exact) mass is 359 g/mol. The maximum absolute atomic E-state index is 12.3. The number of pyridine rings is 1. The third kappa shape index (κ3) is 3.46. The summed E-state index contributed by atoms with van der Waals surface area (Å²) in [4.78, 5) is 18.8. The van der Waals surface area contributed by atoms with Crippen molar-refractivity contribution >= 4 is 50.5 Å². The molecule has 0 atom stereocenters. The molecule has 0 aliphatic rings. The molecule has 100 valence electrons. The number of hydrogen-bond acceptors (Lipinski definition) is 4. The van der Waals surface area contributed by atoms with E-state index in [2.05, 4.69) is 20.9 Å². The van der Waals surface area contributed by atoms with Gasteiger partial charge in [-0.1, -0.05) is 11.6 Å². The van der Waals surface area contributed by atoms with E-state index in [9.17, 15) is 4.79 Å². The van der Waals surface area contributed by atoms with Crippen LogP contribution in [0.2, 0.25) is 5.15 Å². The fraction of sp³-hybridized carbons (Fsp3) is 0.167. The van der Waals surface area contributed by atoms with Gasteiger partial charge in [0.1, 0.15) is 5.15 Å². The molecule has 0 aliphatic heterocycles. The quantitative estimate of drug-likeness (QED) is 0.853. The molecule has 2 rings (SSSR count). The molecule has 0 radical (unpaired) electrons. The van der Waals surface area contributed by atoms with Crippen LogP contribution in [-0.4, -0.2) is 22.8 Å². The Morgan fingerprint density at radius 1 is 1.58 bits per heavy atom. The van der Waals surface area contributed by atoms with E-state index in [-0.39, 0.29) is 11.1 Å². The van der Waals surface area contributed by atoms with Crippen LogP contribution in [0.5, 0.6) is 0 Å². The lowest BCUT2D eigenvalue weighted by Gasteiger charge is -2.17. The summed E-state index contributed by atoms with van der Waals surface area (Å²) in [5.74, 6) is -0.175. The molecular formula is C12H11BrClN3OS. The molecular weight excluding hydrogens is 350 g/mol. The lowest BCUT2D eigenvalue weighted by atomic mass is 10.2. The SMILES string of the molecule is CN(Cc1cc(Br)cs1)C(=O)c1cc(Cl)ncc1N. The number of amides is 1. The zero-order valence-electron chi connectivity index (χ0n) is 10.1. The number of carbonyl (C=O) groups is 1. The van der Waals surface area contributed by atoms with Crippen molar-refractivity contribution in [3.05, 3.63) is 43.8 Å². The van der Waals surface area contributed by atoms with Gasteiger partial charge in [-0.2, -0.15) is 0 Å². The molecule has 2 aromatic heterocycles. The van der Waals surface area contributed by atoms with Gasteiger partial charge in [-0.3, -0.25) is 4.79 Å². The molecule has 2 heterocycles. The van der Waals surface area contributed by atoms with Gasteiger partial charge in [0.15, 0.2) is 0 Å². The number of nitrogens with zero attached hydrogens (tertiary/aromatic N) is 2. The maximum atomic E-state index is 12.3. The highest BCUT2D eigenvalue weighted by atomic mass is 79.9. The fourth-order valence-corrected chi connectivity index (χ4v) is 3.23. The third-order valence-corrected chi connectivity index (χ3v) is 4.38. The van der Waals surface area contributed by atoms with Crippen LogP contribution in [0.15, 0.2) is 28.2 Å². The minimum absolute atomic E-state index is 0.175. The number of thiophene rings is 1. The first kappa shape index (κ1) is 14.3. The highest BCUT2D eigenvalue weighted by Gasteiger charge is 2.16. The van der Waals surface area contributed by atoms with Gasteiger partial charge in [0, 0.05) is 21.8 Å². The average Bonchev–Trinajstić information content (AvgIpc) is 2.77. The number of hydrogen-bond donors (Lipinski definition) is 1. The van der Waals surface area contributed by atoms with Gasteiger partial charge in [-0.05, 0) is 28.1 Å². The summed E-state index contributed by atoms with van der Waals surface area (Å²) in [6.07, 6.45) is 1.39. The Bertz CT molecular complexity index is 617. The Balaban J connectivity index is 2.16. The maximum Gasteiger partial charge on any atom is 0.256 e. The van der Waals surface area contributed by atoms with Gasteiger partial charge in [0.05, 0.1) is 24.0 Å². The summed E-state index contributed by atoms with van der Waals surface area (Å²) in [7, 11) is 1.73. The van der Waals surface area contributed by atoms with E-state index in [0.717, 1.165) is 9.35 Å². The van der Waals surface area contributed by atoms with E-state index >= 15 is 0 Å². The number of aromatic nitrogens is 1. The number of carbonyl (C=O) groups excluding carboxylic acids is 1. The molecule has 7 heteroatoms. The van der Waals surface area contributed by atoms with Crippen molar-refractivity contribution in [1.29, 1.82) is 0 Å². The molecule has 0 aliphatic carbocycles. The zero-order valence-corrected chi connectivity index (χ0v) is 13.2. The van der Waals surface area contributed by atoms with Crippen LogP contribution in [0.3, 0.4) is 0 Å². The van der Waals surface area contributed by atoms with Crippen LogP contribution in [0.1, 0.15) is 15.2 Å². The van der Waals surface area contributed by atoms with Crippen LogP contribution in [0.25, 0.3) is 0 Å². The van der Waals surface area contributed by atoms with Gasteiger partial charge < -0.3 is 10.6 Å². The lowest BCUT2D eigenvalue weighted by molar-refractivity contribution is 0.0787. The molecule has 0 aromatic carbocycles. The van der Waals surface area contributed by atoms with Crippen LogP contribution in [0.4, 0.5) is 5.69 Å². The first-order chi connectivity index (χ1) is 8.97. The van der Waals surface area contributed by atoms with Crippen molar-refractivity contribution in [1.82, 2.24) is 9.88 Å². The van der Waals surface area contributed by atoms with Crippen LogP contribution >= 0.6 is 38.9 Å². The number of rotatable bonds is 3. The highest BCUT2D eigenvalue weighted by molar-refractivity contribution is 9.10. The number of anilines is 1. The average molecular weight is 361 g/mol. The molecule has 4 nitrogen and oxygen atoms in total. The molecule has 1 amide bonds. The van der Waals surface area contributed by atoms with Crippen molar-refractivity contribution in [2.24, 2.45) is 0 Å². The van der Waals surface area contributed by atoms with Gasteiger partial charge in [0.2, 0.25) is 0 Å². The minimum atomic E-state index is -0.175. The summed E-state index contributed by atoms with van der Waals surface area (Å²) >= 11 is 10.8. The van der Waals surface area contributed by atoms with E-state index in [1.807, 2.05) is 11.4 Å². The van der Waals surface area contributed by atoms with Crippen LogP contribution in [0, 0.1) is 0 Å². The summed E-state index contributed by atoms with van der Waals surface area (Å²) in [6.45, 7) is 0.522. The first-order valence-corrected chi connectivity index (χ1v) is 7.42. The molecule has 0 spiro atoms. The molecule has 0 bridgehead atoms. The summed E-state index contributed by atoms with van der Waals surface area (Å²) in [6, 6.07) is 3.47. The summed E-state index contributed by atoms with van der Waals surface area (Å²) in [5.41, 5.74) is 6.45. The predicted octanol–water partition coefficient (Wildman–Crippen LogP) is 3.41. The number of nitrogen functional groups attached to an aromatic ring is 1. The standard InChI is InChI=1S/C12H11BrClN3OS/c1-17(5-8-2-7(13)6-19-8)12(18)9-3-11(14)16-4-10(9)15/h2-4,6H,5,15H2,1H3. The molecule has 0 fully saturated rings. The Labute approximate surface area is 128 Å². The van der Waals surface area contributed by atoms with Crippen molar-refractivity contribution in [2.45, 2.75) is 6.54 Å². The molecule has 2 N–H and O–H groups in total.